The maximum absolute atomic E-state index is 13.0. The van der Waals surface area contributed by atoms with Gasteiger partial charge < -0.3 is 14.4 Å². The fraction of sp³-hybridized carbons (Fsp3) is 0.348. The zero-order chi connectivity index (χ0) is 18.8. The summed E-state index contributed by atoms with van der Waals surface area (Å²) in [5.41, 5.74) is 2.57. The summed E-state index contributed by atoms with van der Waals surface area (Å²) in [6.07, 6.45) is 7.84. The molecule has 1 fully saturated rings. The van der Waals surface area contributed by atoms with Crippen LogP contribution in [0.15, 0.2) is 57.9 Å². The smallest absolute Gasteiger partial charge is 0.200 e. The lowest BCUT2D eigenvalue weighted by Crippen LogP contribution is -3.11. The third-order valence-corrected chi connectivity index (χ3v) is 5.86. The fourth-order valence-electron chi connectivity index (χ4n) is 4.25. The average molecular weight is 364 g/mol. The minimum absolute atomic E-state index is 0.0565. The van der Waals surface area contributed by atoms with Crippen molar-refractivity contribution in [1.29, 1.82) is 0 Å². The van der Waals surface area contributed by atoms with E-state index in [0.29, 0.717) is 29.1 Å². The van der Waals surface area contributed by atoms with Crippen LogP contribution in [0.1, 0.15) is 37.7 Å². The van der Waals surface area contributed by atoms with E-state index in [2.05, 4.69) is 7.05 Å². The molecular formula is C23H26NO3+. The van der Waals surface area contributed by atoms with Crippen molar-refractivity contribution < 1.29 is 14.4 Å². The quantitative estimate of drug-likeness (QED) is 0.745. The van der Waals surface area contributed by atoms with Gasteiger partial charge in [-0.25, -0.2) is 0 Å². The Morgan fingerprint density at radius 2 is 1.81 bits per heavy atom. The van der Waals surface area contributed by atoms with Crippen molar-refractivity contribution in [1.82, 2.24) is 0 Å². The van der Waals surface area contributed by atoms with Gasteiger partial charge in [-0.2, -0.15) is 0 Å². The van der Waals surface area contributed by atoms with Crippen molar-refractivity contribution in [3.8, 4) is 16.9 Å². The molecule has 0 saturated heterocycles. The predicted molar refractivity (Wildman–Crippen MR) is 107 cm³/mol. The molecule has 1 aromatic heterocycles. The molecule has 140 valence electrons. The lowest BCUT2D eigenvalue weighted by Gasteiger charge is -2.28. The van der Waals surface area contributed by atoms with Crippen molar-refractivity contribution in [2.45, 2.75) is 44.7 Å². The summed E-state index contributed by atoms with van der Waals surface area (Å²) in [6, 6.07) is 13.4. The largest absolute Gasteiger partial charge is 0.507 e. The first kappa shape index (κ1) is 17.8. The van der Waals surface area contributed by atoms with Crippen LogP contribution >= 0.6 is 0 Å². The van der Waals surface area contributed by atoms with Gasteiger partial charge >= 0.3 is 0 Å². The molecule has 4 heteroatoms. The normalized spacial score (nSPS) is 16.5. The predicted octanol–water partition coefficient (Wildman–Crippen LogP) is 3.51. The highest BCUT2D eigenvalue weighted by atomic mass is 16.3. The van der Waals surface area contributed by atoms with Gasteiger partial charge in [0, 0.05) is 0 Å². The number of fused-ring (bicyclic) bond motifs is 1. The molecule has 4 rings (SSSR count). The second-order valence-electron chi connectivity index (χ2n) is 7.64. The Morgan fingerprint density at radius 3 is 2.56 bits per heavy atom. The number of hydrogen-bond donors (Lipinski definition) is 2. The first-order valence-corrected chi connectivity index (χ1v) is 9.79. The monoisotopic (exact) mass is 364 g/mol. The Bertz CT molecular complexity index is 988. The van der Waals surface area contributed by atoms with Crippen molar-refractivity contribution in [2.24, 2.45) is 0 Å². The van der Waals surface area contributed by atoms with Crippen LogP contribution in [0.5, 0.6) is 5.75 Å². The highest BCUT2D eigenvalue weighted by molar-refractivity contribution is 5.85. The van der Waals surface area contributed by atoms with Crippen LogP contribution in [0.2, 0.25) is 0 Å². The maximum Gasteiger partial charge on any atom is 0.200 e. The van der Waals surface area contributed by atoms with E-state index in [9.17, 15) is 9.90 Å². The summed E-state index contributed by atoms with van der Waals surface area (Å²) in [7, 11) is 2.17. The van der Waals surface area contributed by atoms with Crippen LogP contribution in [0, 0.1) is 0 Å². The Kier molecular flexibility index (Phi) is 4.99. The summed E-state index contributed by atoms with van der Waals surface area (Å²) in [5, 5.41) is 11.0. The molecule has 1 aliphatic carbocycles. The molecule has 1 aliphatic rings. The molecule has 0 bridgehead atoms. The van der Waals surface area contributed by atoms with E-state index in [0.717, 1.165) is 11.1 Å². The third kappa shape index (κ3) is 3.50. The van der Waals surface area contributed by atoms with E-state index in [1.807, 2.05) is 30.3 Å². The number of hydrogen-bond acceptors (Lipinski definition) is 3. The fourth-order valence-corrected chi connectivity index (χ4v) is 4.25. The number of quaternary nitrogens is 1. The van der Waals surface area contributed by atoms with Gasteiger partial charge in [0.05, 0.1) is 29.6 Å². The zero-order valence-electron chi connectivity index (χ0n) is 15.7. The molecule has 0 amide bonds. The highest BCUT2D eigenvalue weighted by Crippen LogP contribution is 2.27. The summed E-state index contributed by atoms with van der Waals surface area (Å²) < 4.78 is 5.90. The summed E-state index contributed by atoms with van der Waals surface area (Å²) in [6.45, 7) is 0.654. The topological polar surface area (TPSA) is 54.9 Å². The van der Waals surface area contributed by atoms with Crippen molar-refractivity contribution in [3.05, 3.63) is 64.5 Å². The highest BCUT2D eigenvalue weighted by Gasteiger charge is 2.24. The third-order valence-electron chi connectivity index (χ3n) is 5.86. The molecule has 1 atom stereocenters. The minimum Gasteiger partial charge on any atom is -0.507 e. The van der Waals surface area contributed by atoms with Crippen molar-refractivity contribution >= 4 is 11.0 Å². The standard InChI is InChI=1S/C23H25NO3/c1-24(17-10-6-3-7-11-17)14-19-21(25)13-12-18-22(26)20(15-27-23(18)19)16-8-4-2-5-9-16/h2,4-5,8-9,12-13,15,17,25H,3,6-7,10-11,14H2,1H3/p+1. The number of nitrogens with one attached hydrogen (secondary N) is 1. The second-order valence-corrected chi connectivity index (χ2v) is 7.64. The lowest BCUT2D eigenvalue weighted by molar-refractivity contribution is -0.921. The number of benzene rings is 2. The molecule has 2 N–H and O–H groups in total. The van der Waals surface area contributed by atoms with Gasteiger partial charge in [-0.15, -0.1) is 0 Å². The summed E-state index contributed by atoms with van der Waals surface area (Å²) in [4.78, 5) is 14.4. The van der Waals surface area contributed by atoms with Gasteiger partial charge in [0.25, 0.3) is 0 Å². The molecule has 1 heterocycles. The number of phenolic OH excluding ortho intramolecular Hbond substituents is 1. The molecule has 1 unspecified atom stereocenters. The molecular weight excluding hydrogens is 338 g/mol. The van der Waals surface area contributed by atoms with Crippen LogP contribution in [-0.4, -0.2) is 18.2 Å². The van der Waals surface area contributed by atoms with Gasteiger partial charge in [-0.1, -0.05) is 36.8 Å². The van der Waals surface area contributed by atoms with Crippen LogP contribution in [0.25, 0.3) is 22.1 Å². The first-order chi connectivity index (χ1) is 13.1. The van der Waals surface area contributed by atoms with Crippen LogP contribution in [0.4, 0.5) is 0 Å². The van der Waals surface area contributed by atoms with Gasteiger partial charge in [-0.05, 0) is 43.4 Å². The number of aromatic hydroxyl groups is 1. The first-order valence-electron chi connectivity index (χ1n) is 9.79. The van der Waals surface area contributed by atoms with Crippen LogP contribution in [-0.2, 0) is 6.54 Å². The van der Waals surface area contributed by atoms with E-state index in [-0.39, 0.29) is 11.2 Å². The molecule has 0 aliphatic heterocycles. The lowest BCUT2D eigenvalue weighted by atomic mass is 9.94. The summed E-state index contributed by atoms with van der Waals surface area (Å²) >= 11 is 0. The molecule has 2 aromatic carbocycles. The molecule has 4 nitrogen and oxygen atoms in total. The molecule has 0 radical (unpaired) electrons. The van der Waals surface area contributed by atoms with E-state index < -0.39 is 0 Å². The van der Waals surface area contributed by atoms with Crippen LogP contribution < -0.4 is 10.3 Å². The average Bonchev–Trinajstić information content (AvgIpc) is 2.71. The van der Waals surface area contributed by atoms with Gasteiger partial charge in [0.2, 0.25) is 5.43 Å². The van der Waals surface area contributed by atoms with E-state index >= 15 is 0 Å². The number of phenols is 1. The number of rotatable bonds is 4. The minimum atomic E-state index is -0.0565. The Labute approximate surface area is 159 Å². The Morgan fingerprint density at radius 1 is 1.07 bits per heavy atom. The van der Waals surface area contributed by atoms with Crippen molar-refractivity contribution in [3.63, 3.8) is 0 Å². The maximum atomic E-state index is 13.0. The second kappa shape index (κ2) is 7.57. The molecule has 0 spiro atoms. The molecule has 3 aromatic rings. The van der Waals surface area contributed by atoms with E-state index in [1.54, 1.807) is 12.1 Å². The zero-order valence-corrected chi connectivity index (χ0v) is 15.7. The van der Waals surface area contributed by atoms with Crippen molar-refractivity contribution in [2.75, 3.05) is 7.05 Å². The Balaban J connectivity index is 1.74. The Hall–Kier alpha value is -2.59. The SMILES string of the molecule is C[NH+](Cc1c(O)ccc2c(=O)c(-c3ccccc3)coc12)C1CCCCC1. The van der Waals surface area contributed by atoms with E-state index in [1.165, 1.54) is 43.3 Å². The molecule has 27 heavy (non-hydrogen) atoms. The van der Waals surface area contributed by atoms with E-state index in [4.69, 9.17) is 4.42 Å². The molecule has 1 saturated carbocycles. The van der Waals surface area contributed by atoms with Crippen LogP contribution in [0.3, 0.4) is 0 Å². The van der Waals surface area contributed by atoms with Gasteiger partial charge in [-0.3, -0.25) is 4.79 Å². The van der Waals surface area contributed by atoms with Gasteiger partial charge in [0.1, 0.15) is 24.1 Å². The summed E-state index contributed by atoms with van der Waals surface area (Å²) in [5.74, 6) is 0.202. The van der Waals surface area contributed by atoms with Gasteiger partial charge in [0.15, 0.2) is 0 Å².